The molecule has 0 bridgehead atoms. The van der Waals surface area contributed by atoms with E-state index >= 15 is 0 Å². The molecule has 1 aromatic heterocycles. The Kier molecular flexibility index (Phi) is 10.5. The normalized spacial score (nSPS) is 14.9. The van der Waals surface area contributed by atoms with Crippen molar-refractivity contribution < 1.29 is 29.0 Å². The van der Waals surface area contributed by atoms with Gasteiger partial charge in [0.15, 0.2) is 0 Å². The average molecular weight is 607 g/mol. The van der Waals surface area contributed by atoms with Gasteiger partial charge >= 0.3 is 12.1 Å². The molecule has 12 heteroatoms. The number of alkyl carbamates (subject to hydrolysis) is 1. The number of benzene rings is 2. The molecule has 0 saturated heterocycles. The fourth-order valence-electron chi connectivity index (χ4n) is 5.14. The number of amides is 3. The van der Waals surface area contributed by atoms with Crippen LogP contribution in [0.15, 0.2) is 42.5 Å². The first kappa shape index (κ1) is 32.3. The number of fused-ring (bicyclic) bond motifs is 2. The third-order valence-corrected chi connectivity index (χ3v) is 7.23. The molecule has 1 atom stereocenters. The van der Waals surface area contributed by atoms with E-state index in [0.29, 0.717) is 43.1 Å². The number of nitrogens with one attached hydrogen (secondary N) is 3. The molecule has 4 rings (SSSR count). The maximum atomic E-state index is 13.4. The number of carboxylic acids is 1. The zero-order valence-electron chi connectivity index (χ0n) is 25.8. The molecule has 0 fully saturated rings. The number of aromatic amines is 1. The molecule has 0 unspecified atom stereocenters. The van der Waals surface area contributed by atoms with E-state index in [1.54, 1.807) is 35.0 Å². The van der Waals surface area contributed by atoms with Crippen LogP contribution >= 0.6 is 0 Å². The maximum Gasteiger partial charge on any atom is 0.407 e. The fraction of sp³-hybridized carbons (Fsp3) is 0.469. The lowest BCUT2D eigenvalue weighted by atomic mass is 10.1. The summed E-state index contributed by atoms with van der Waals surface area (Å²) in [7, 11) is 1.71. The molecular formula is C32H42N6O6. The molecule has 236 valence electrons. The van der Waals surface area contributed by atoms with Crippen LogP contribution in [0.1, 0.15) is 74.6 Å². The van der Waals surface area contributed by atoms with Crippen molar-refractivity contribution in [3.05, 3.63) is 59.4 Å². The van der Waals surface area contributed by atoms with Crippen LogP contribution in [-0.4, -0.2) is 80.5 Å². The number of aliphatic carboxylic acids is 1. The summed E-state index contributed by atoms with van der Waals surface area (Å²) in [6.45, 7) is 6.93. The molecule has 0 spiro atoms. The van der Waals surface area contributed by atoms with Crippen molar-refractivity contribution in [2.24, 2.45) is 0 Å². The smallest absolute Gasteiger partial charge is 0.407 e. The molecule has 0 aliphatic carbocycles. The Morgan fingerprint density at radius 3 is 2.59 bits per heavy atom. The van der Waals surface area contributed by atoms with Crippen molar-refractivity contribution in [1.29, 1.82) is 0 Å². The van der Waals surface area contributed by atoms with Crippen LogP contribution in [0.3, 0.4) is 0 Å². The van der Waals surface area contributed by atoms with E-state index in [0.717, 1.165) is 35.9 Å². The number of ether oxygens (including phenoxy) is 1. The second kappa shape index (κ2) is 14.2. The molecule has 0 saturated carbocycles. The van der Waals surface area contributed by atoms with Gasteiger partial charge in [-0.15, -0.1) is 0 Å². The summed E-state index contributed by atoms with van der Waals surface area (Å²) in [5.74, 6) is -0.884. The molecule has 1 aliphatic heterocycles. The highest BCUT2D eigenvalue weighted by molar-refractivity contribution is 5.95. The average Bonchev–Trinajstić information content (AvgIpc) is 3.31. The van der Waals surface area contributed by atoms with Gasteiger partial charge < -0.3 is 35.3 Å². The quantitative estimate of drug-likeness (QED) is 0.219. The number of unbranched alkanes of at least 4 members (excludes halogenated alkanes) is 3. The first-order valence-corrected chi connectivity index (χ1v) is 15.0. The van der Waals surface area contributed by atoms with Gasteiger partial charge in [-0.05, 0) is 69.5 Å². The van der Waals surface area contributed by atoms with E-state index in [1.807, 2.05) is 45.0 Å². The highest BCUT2D eigenvalue weighted by atomic mass is 16.6. The Bertz CT molecular complexity index is 1460. The zero-order chi connectivity index (χ0) is 31.9. The van der Waals surface area contributed by atoms with E-state index in [4.69, 9.17) is 4.74 Å². The highest BCUT2D eigenvalue weighted by Crippen LogP contribution is 2.27. The molecule has 44 heavy (non-hydrogen) atoms. The second-order valence-corrected chi connectivity index (χ2v) is 12.1. The van der Waals surface area contributed by atoms with E-state index in [2.05, 4.69) is 20.6 Å². The third-order valence-electron chi connectivity index (χ3n) is 7.23. The number of hydrogen-bond acceptors (Lipinski definition) is 7. The van der Waals surface area contributed by atoms with Crippen LogP contribution in [0.4, 0.5) is 10.5 Å². The van der Waals surface area contributed by atoms with Gasteiger partial charge in [0.1, 0.15) is 17.5 Å². The number of carbonyl (C=O) groups is 4. The minimum atomic E-state index is -1.07. The summed E-state index contributed by atoms with van der Waals surface area (Å²) in [6, 6.07) is 12.0. The molecule has 2 heterocycles. The van der Waals surface area contributed by atoms with Crippen LogP contribution < -0.4 is 10.6 Å². The Labute approximate surface area is 257 Å². The van der Waals surface area contributed by atoms with Crippen LogP contribution in [0, 0.1) is 0 Å². The number of nitrogens with zero attached hydrogens (tertiary/aromatic N) is 3. The summed E-state index contributed by atoms with van der Waals surface area (Å²) >= 11 is 0. The number of anilines is 1. The highest BCUT2D eigenvalue weighted by Gasteiger charge is 2.31. The molecule has 2 aromatic carbocycles. The van der Waals surface area contributed by atoms with Gasteiger partial charge in [-0.2, -0.15) is 0 Å². The SMILES string of the molecule is CN(Cc1nc2ccccc2[nH]1)C(=O)c1ccc2c(c1)CN(CCCCCCNC(=O)OC(C)(C)C)C(=O)[C@H](CC(=O)O)N2. The number of rotatable bonds is 12. The fourth-order valence-corrected chi connectivity index (χ4v) is 5.14. The number of hydrogen-bond donors (Lipinski definition) is 4. The van der Waals surface area contributed by atoms with Crippen molar-refractivity contribution in [2.75, 3.05) is 25.5 Å². The van der Waals surface area contributed by atoms with Crippen molar-refractivity contribution in [3.8, 4) is 0 Å². The number of para-hydroxylation sites is 2. The number of aromatic nitrogens is 2. The van der Waals surface area contributed by atoms with Gasteiger partial charge in [-0.25, -0.2) is 9.78 Å². The van der Waals surface area contributed by atoms with E-state index < -0.39 is 23.7 Å². The predicted octanol–water partition coefficient (Wildman–Crippen LogP) is 4.52. The Hall–Kier alpha value is -4.61. The summed E-state index contributed by atoms with van der Waals surface area (Å²) in [6.07, 6.45) is 2.36. The lowest BCUT2D eigenvalue weighted by Crippen LogP contribution is -2.42. The lowest BCUT2D eigenvalue weighted by Gasteiger charge is -2.24. The number of H-pyrrole nitrogens is 1. The molecule has 0 radical (unpaired) electrons. The van der Waals surface area contributed by atoms with E-state index in [1.165, 1.54) is 0 Å². The van der Waals surface area contributed by atoms with Gasteiger partial charge in [0.25, 0.3) is 5.91 Å². The van der Waals surface area contributed by atoms with Crippen LogP contribution in [0.25, 0.3) is 11.0 Å². The zero-order valence-corrected chi connectivity index (χ0v) is 25.8. The third kappa shape index (κ3) is 8.95. The van der Waals surface area contributed by atoms with Crippen molar-refractivity contribution >= 4 is 40.6 Å². The first-order chi connectivity index (χ1) is 20.9. The number of imidazole rings is 1. The Morgan fingerprint density at radius 2 is 1.86 bits per heavy atom. The molecular weight excluding hydrogens is 564 g/mol. The molecule has 3 aromatic rings. The van der Waals surface area contributed by atoms with Crippen LogP contribution in [0.5, 0.6) is 0 Å². The largest absolute Gasteiger partial charge is 0.481 e. The van der Waals surface area contributed by atoms with Gasteiger partial charge in [0.2, 0.25) is 5.91 Å². The number of carboxylic acid groups (broad SMARTS) is 1. The van der Waals surface area contributed by atoms with Gasteiger partial charge in [-0.3, -0.25) is 14.4 Å². The summed E-state index contributed by atoms with van der Waals surface area (Å²) in [5, 5.41) is 15.3. The standard InChI is InChI=1S/C32H42N6O6/c1-32(2,3)44-31(43)33-15-9-5-6-10-16-38-19-22-17-21(13-14-23(22)34-26(30(38)42)18-28(39)40)29(41)37(4)20-27-35-24-11-7-8-12-25(24)36-27/h7-8,11-14,17,26,34H,5-6,9-10,15-16,18-20H2,1-4H3,(H,33,43)(H,35,36)(H,39,40)/t26-/m0/s1. The molecule has 1 aliphatic rings. The number of carbonyl (C=O) groups excluding carboxylic acids is 3. The molecule has 4 N–H and O–H groups in total. The van der Waals surface area contributed by atoms with E-state index in [9.17, 15) is 24.3 Å². The van der Waals surface area contributed by atoms with E-state index in [-0.39, 0.29) is 24.8 Å². The predicted molar refractivity (Wildman–Crippen MR) is 166 cm³/mol. The van der Waals surface area contributed by atoms with Gasteiger partial charge in [0.05, 0.1) is 24.0 Å². The summed E-state index contributed by atoms with van der Waals surface area (Å²) in [5.41, 5.74) is 3.03. The van der Waals surface area contributed by atoms with Crippen molar-refractivity contribution in [3.63, 3.8) is 0 Å². The Balaban J connectivity index is 1.37. The topological polar surface area (TPSA) is 157 Å². The monoisotopic (exact) mass is 606 g/mol. The molecule has 3 amide bonds. The van der Waals surface area contributed by atoms with Crippen LogP contribution in [0.2, 0.25) is 0 Å². The Morgan fingerprint density at radius 1 is 1.11 bits per heavy atom. The van der Waals surface area contributed by atoms with Crippen molar-refractivity contribution in [1.82, 2.24) is 25.1 Å². The van der Waals surface area contributed by atoms with Crippen LogP contribution in [-0.2, 0) is 27.4 Å². The first-order valence-electron chi connectivity index (χ1n) is 15.0. The minimum Gasteiger partial charge on any atom is -0.481 e. The summed E-state index contributed by atoms with van der Waals surface area (Å²) < 4.78 is 5.24. The van der Waals surface area contributed by atoms with Gasteiger partial charge in [0, 0.05) is 37.9 Å². The lowest BCUT2D eigenvalue weighted by molar-refractivity contribution is -0.141. The maximum absolute atomic E-state index is 13.4. The van der Waals surface area contributed by atoms with Crippen molar-refractivity contribution in [2.45, 2.75) is 77.6 Å². The summed E-state index contributed by atoms with van der Waals surface area (Å²) in [4.78, 5) is 61.1. The second-order valence-electron chi connectivity index (χ2n) is 12.1. The van der Waals surface area contributed by atoms with Gasteiger partial charge in [-0.1, -0.05) is 25.0 Å². The minimum absolute atomic E-state index is 0.197. The molecule has 12 nitrogen and oxygen atoms in total.